The van der Waals surface area contributed by atoms with Crippen LogP contribution in [0.1, 0.15) is 29.0 Å². The van der Waals surface area contributed by atoms with Crippen molar-refractivity contribution in [3.05, 3.63) is 63.0 Å². The molecular formula is C22H19N5O4S. The number of hydrazone groups is 1. The molecule has 1 aliphatic carbocycles. The Bertz CT molecular complexity index is 1340. The summed E-state index contributed by atoms with van der Waals surface area (Å²) in [7, 11) is 1.46. The number of aromatic nitrogens is 2. The lowest BCUT2D eigenvalue weighted by Gasteiger charge is -2.11. The number of hydrogen-bond donors (Lipinski definition) is 1. The highest BCUT2D eigenvalue weighted by Gasteiger charge is 2.20. The Kier molecular flexibility index (Phi) is 5.28. The molecule has 9 nitrogen and oxygen atoms in total. The van der Waals surface area contributed by atoms with Gasteiger partial charge in [0, 0.05) is 10.9 Å². The number of nitrogens with one attached hydrogen (secondary N) is 1. The van der Waals surface area contributed by atoms with Crippen LogP contribution in [-0.4, -0.2) is 28.2 Å². The van der Waals surface area contributed by atoms with E-state index in [4.69, 9.17) is 9.15 Å². The number of nitro benzene ring substituents is 1. The van der Waals surface area contributed by atoms with Crippen LogP contribution in [0.3, 0.4) is 0 Å². The fourth-order valence-corrected chi connectivity index (χ4v) is 5.12. The van der Waals surface area contributed by atoms with E-state index in [1.54, 1.807) is 42.1 Å². The third-order valence-corrected chi connectivity index (χ3v) is 6.60. The summed E-state index contributed by atoms with van der Waals surface area (Å²) in [6, 6.07) is 7.92. The van der Waals surface area contributed by atoms with Gasteiger partial charge in [-0.3, -0.25) is 15.5 Å². The van der Waals surface area contributed by atoms with Crippen molar-refractivity contribution in [2.24, 2.45) is 5.10 Å². The van der Waals surface area contributed by atoms with E-state index >= 15 is 0 Å². The van der Waals surface area contributed by atoms with Crippen LogP contribution in [0.4, 0.5) is 11.5 Å². The number of nitro groups is 1. The fourth-order valence-electron chi connectivity index (χ4n) is 3.90. The fraction of sp³-hybridized carbons (Fsp3) is 0.227. The second-order valence-electron chi connectivity index (χ2n) is 7.33. The van der Waals surface area contributed by atoms with Gasteiger partial charge in [0.1, 0.15) is 28.4 Å². The summed E-state index contributed by atoms with van der Waals surface area (Å²) in [6.45, 7) is 0. The zero-order valence-corrected chi connectivity index (χ0v) is 18.0. The highest BCUT2D eigenvalue weighted by molar-refractivity contribution is 7.19. The number of non-ortho nitro benzene ring substituents is 1. The maximum absolute atomic E-state index is 11.0. The first-order chi connectivity index (χ1) is 15.6. The van der Waals surface area contributed by atoms with Crippen LogP contribution in [0.5, 0.6) is 5.75 Å². The molecule has 5 rings (SSSR count). The minimum atomic E-state index is -0.465. The van der Waals surface area contributed by atoms with Gasteiger partial charge in [0.15, 0.2) is 5.82 Å². The van der Waals surface area contributed by atoms with Gasteiger partial charge in [-0.1, -0.05) is 0 Å². The van der Waals surface area contributed by atoms with Crippen LogP contribution in [0.15, 0.2) is 46.2 Å². The summed E-state index contributed by atoms with van der Waals surface area (Å²) in [4.78, 5) is 21.7. The van der Waals surface area contributed by atoms with Gasteiger partial charge in [-0.15, -0.1) is 11.3 Å². The molecule has 32 heavy (non-hydrogen) atoms. The summed E-state index contributed by atoms with van der Waals surface area (Å²) >= 11 is 1.74. The minimum Gasteiger partial charge on any atom is -0.496 e. The van der Waals surface area contributed by atoms with Gasteiger partial charge < -0.3 is 9.15 Å². The third kappa shape index (κ3) is 3.69. The van der Waals surface area contributed by atoms with E-state index in [0.29, 0.717) is 28.7 Å². The lowest BCUT2D eigenvalue weighted by Crippen LogP contribution is -2.00. The SMILES string of the molecule is COc1cc([N+](=O)[O-])ccc1-c1ccc(C=NNc2ncnc3sc4c(c23)CCCC4)o1. The Morgan fingerprint density at radius 3 is 2.97 bits per heavy atom. The Morgan fingerprint density at radius 2 is 2.12 bits per heavy atom. The molecule has 0 saturated carbocycles. The van der Waals surface area contributed by atoms with Crippen molar-refractivity contribution in [1.82, 2.24) is 9.97 Å². The summed E-state index contributed by atoms with van der Waals surface area (Å²) < 4.78 is 11.1. The molecule has 0 bridgehead atoms. The highest BCUT2D eigenvalue weighted by atomic mass is 32.1. The van der Waals surface area contributed by atoms with Gasteiger partial charge in [-0.2, -0.15) is 5.10 Å². The molecule has 0 atom stereocenters. The summed E-state index contributed by atoms with van der Waals surface area (Å²) in [6.07, 6.45) is 7.65. The molecule has 10 heteroatoms. The topological polar surface area (TPSA) is 116 Å². The molecule has 0 aliphatic heterocycles. The normalized spacial score (nSPS) is 13.4. The predicted octanol–water partition coefficient (Wildman–Crippen LogP) is 5.19. The van der Waals surface area contributed by atoms with Crippen molar-refractivity contribution < 1.29 is 14.1 Å². The smallest absolute Gasteiger partial charge is 0.273 e. The number of fused-ring (bicyclic) bond motifs is 3. The molecule has 3 aromatic heterocycles. The third-order valence-electron chi connectivity index (χ3n) is 5.40. The summed E-state index contributed by atoms with van der Waals surface area (Å²) in [5.74, 6) is 2.09. The first kappa shape index (κ1) is 20.1. The summed E-state index contributed by atoms with van der Waals surface area (Å²) in [5.41, 5.74) is 4.93. The van der Waals surface area contributed by atoms with Crippen molar-refractivity contribution in [1.29, 1.82) is 0 Å². The van der Waals surface area contributed by atoms with E-state index in [0.717, 1.165) is 23.1 Å². The van der Waals surface area contributed by atoms with Crippen LogP contribution >= 0.6 is 11.3 Å². The number of nitrogens with zero attached hydrogens (tertiary/aromatic N) is 4. The highest BCUT2D eigenvalue weighted by Crippen LogP contribution is 2.38. The van der Waals surface area contributed by atoms with E-state index in [1.165, 1.54) is 42.5 Å². The average Bonchev–Trinajstić information content (AvgIpc) is 3.43. The molecule has 162 valence electrons. The van der Waals surface area contributed by atoms with E-state index in [2.05, 4.69) is 20.5 Å². The molecule has 4 aromatic rings. The van der Waals surface area contributed by atoms with Crippen LogP contribution in [-0.2, 0) is 12.8 Å². The Hall–Kier alpha value is -3.79. The molecule has 0 spiro atoms. The molecule has 0 fully saturated rings. The maximum atomic E-state index is 11.0. The quantitative estimate of drug-likeness (QED) is 0.244. The number of ether oxygens (including phenoxy) is 1. The van der Waals surface area contributed by atoms with Crippen LogP contribution in [0.25, 0.3) is 21.5 Å². The van der Waals surface area contributed by atoms with Gasteiger partial charge in [0.05, 0.1) is 35.3 Å². The minimum absolute atomic E-state index is 0.0464. The van der Waals surface area contributed by atoms with Crippen LogP contribution in [0, 0.1) is 10.1 Å². The summed E-state index contributed by atoms with van der Waals surface area (Å²) in [5, 5.41) is 16.4. The zero-order valence-electron chi connectivity index (χ0n) is 17.2. The second kappa shape index (κ2) is 8.39. The van der Waals surface area contributed by atoms with Crippen LogP contribution < -0.4 is 10.2 Å². The average molecular weight is 449 g/mol. The van der Waals surface area contributed by atoms with E-state index in [9.17, 15) is 10.1 Å². The number of rotatable bonds is 6. The van der Waals surface area contributed by atoms with E-state index < -0.39 is 4.92 Å². The molecule has 0 unspecified atom stereocenters. The standard InChI is InChI=1S/C22H19N5O4S/c1-30-18-10-13(27(28)29)6-8-15(18)17-9-7-14(31-17)11-25-26-21-20-16-4-2-3-5-19(16)32-22(20)24-12-23-21/h6-12H,2-5H2,1H3,(H,23,24,26). The maximum Gasteiger partial charge on any atom is 0.273 e. The van der Waals surface area contributed by atoms with Crippen molar-refractivity contribution in [2.75, 3.05) is 12.5 Å². The molecule has 1 N–H and O–H groups in total. The Labute approximate surface area is 186 Å². The number of hydrogen-bond acceptors (Lipinski definition) is 9. The number of methoxy groups -OCH3 is 1. The number of aryl methyl sites for hydroxylation is 2. The van der Waals surface area contributed by atoms with Gasteiger partial charge in [0.2, 0.25) is 0 Å². The van der Waals surface area contributed by atoms with Gasteiger partial charge in [0.25, 0.3) is 5.69 Å². The molecule has 0 radical (unpaired) electrons. The molecule has 0 amide bonds. The molecule has 3 heterocycles. The van der Waals surface area contributed by atoms with Crippen LogP contribution in [0.2, 0.25) is 0 Å². The predicted molar refractivity (Wildman–Crippen MR) is 123 cm³/mol. The van der Waals surface area contributed by atoms with Crippen molar-refractivity contribution in [2.45, 2.75) is 25.7 Å². The molecule has 1 aliphatic rings. The number of anilines is 1. The van der Waals surface area contributed by atoms with Crippen molar-refractivity contribution in [3.63, 3.8) is 0 Å². The monoisotopic (exact) mass is 449 g/mol. The van der Waals surface area contributed by atoms with Crippen molar-refractivity contribution >= 4 is 39.3 Å². The zero-order chi connectivity index (χ0) is 22.1. The van der Waals surface area contributed by atoms with E-state index in [-0.39, 0.29) is 5.69 Å². The first-order valence-electron chi connectivity index (χ1n) is 10.1. The van der Waals surface area contributed by atoms with Gasteiger partial charge in [-0.25, -0.2) is 9.97 Å². The van der Waals surface area contributed by atoms with Crippen molar-refractivity contribution in [3.8, 4) is 17.1 Å². The number of benzene rings is 1. The number of furan rings is 1. The molecule has 0 saturated heterocycles. The van der Waals surface area contributed by atoms with Gasteiger partial charge in [-0.05, 0) is 49.4 Å². The Balaban J connectivity index is 1.37. The lowest BCUT2D eigenvalue weighted by atomic mass is 9.97. The molecular weight excluding hydrogens is 430 g/mol. The Morgan fingerprint density at radius 1 is 1.25 bits per heavy atom. The number of thiophene rings is 1. The molecule has 1 aromatic carbocycles. The largest absolute Gasteiger partial charge is 0.496 e. The lowest BCUT2D eigenvalue weighted by molar-refractivity contribution is -0.384. The van der Waals surface area contributed by atoms with E-state index in [1.807, 2.05) is 0 Å². The van der Waals surface area contributed by atoms with Gasteiger partial charge >= 0.3 is 0 Å². The first-order valence-corrected chi connectivity index (χ1v) is 10.9. The second-order valence-corrected chi connectivity index (χ2v) is 8.41.